The Hall–Kier alpha value is -1.52. The van der Waals surface area contributed by atoms with Crippen molar-refractivity contribution in [2.24, 2.45) is 0 Å². The first-order valence-electron chi connectivity index (χ1n) is 6.74. The summed E-state index contributed by atoms with van der Waals surface area (Å²) in [6.07, 6.45) is 1.75. The summed E-state index contributed by atoms with van der Waals surface area (Å²) in [7, 11) is 0. The monoisotopic (exact) mass is 291 g/mol. The molecule has 0 aliphatic carbocycles. The van der Waals surface area contributed by atoms with Gasteiger partial charge in [0, 0.05) is 36.3 Å². The summed E-state index contributed by atoms with van der Waals surface area (Å²) in [4.78, 5) is 9.24. The summed E-state index contributed by atoms with van der Waals surface area (Å²) in [5.74, 6) is 0.206. The van der Waals surface area contributed by atoms with Crippen LogP contribution in [0.5, 0.6) is 0 Å². The van der Waals surface area contributed by atoms with Gasteiger partial charge in [0.15, 0.2) is 5.82 Å². The number of rotatable bonds is 2. The number of aromatic nitrogens is 2. The number of fused-ring (bicyclic) bond motifs is 1. The first-order valence-corrected chi connectivity index (χ1v) is 7.11. The quantitative estimate of drug-likeness (QED) is 0.924. The van der Waals surface area contributed by atoms with E-state index >= 15 is 0 Å². The van der Waals surface area contributed by atoms with E-state index < -0.39 is 5.82 Å². The van der Waals surface area contributed by atoms with Gasteiger partial charge in [0.05, 0.1) is 10.7 Å². The maximum absolute atomic E-state index is 13.3. The molecule has 20 heavy (non-hydrogen) atoms. The molecule has 5 heteroatoms. The molecule has 0 atom stereocenters. The standard InChI is InChI=1S/C15H15ClFN3/c1-2-13-10-8-18-6-5-14(10)20-15(19-13)9-3-4-12(17)11(16)7-9/h3-4,7,18H,2,5-6,8H2,1H3. The van der Waals surface area contributed by atoms with Gasteiger partial charge in [-0.3, -0.25) is 0 Å². The molecule has 0 unspecified atom stereocenters. The van der Waals surface area contributed by atoms with Crippen molar-refractivity contribution >= 4 is 11.6 Å². The van der Waals surface area contributed by atoms with Crippen LogP contribution in [0.1, 0.15) is 23.9 Å². The van der Waals surface area contributed by atoms with Crippen molar-refractivity contribution in [1.29, 1.82) is 0 Å². The number of nitrogens with one attached hydrogen (secondary N) is 1. The Morgan fingerprint density at radius 2 is 2.20 bits per heavy atom. The van der Waals surface area contributed by atoms with Crippen LogP contribution in [0.3, 0.4) is 0 Å². The van der Waals surface area contributed by atoms with Crippen LogP contribution in [0.2, 0.25) is 5.02 Å². The summed E-state index contributed by atoms with van der Waals surface area (Å²) in [6.45, 7) is 3.83. The van der Waals surface area contributed by atoms with Crippen molar-refractivity contribution in [2.45, 2.75) is 26.3 Å². The van der Waals surface area contributed by atoms with E-state index in [1.165, 1.54) is 11.6 Å². The molecule has 0 bridgehead atoms. The molecule has 0 saturated heterocycles. The molecule has 1 aromatic heterocycles. The minimum Gasteiger partial charge on any atom is -0.312 e. The minimum atomic E-state index is -0.423. The van der Waals surface area contributed by atoms with Gasteiger partial charge in [-0.15, -0.1) is 0 Å². The van der Waals surface area contributed by atoms with Crippen molar-refractivity contribution in [3.05, 3.63) is 46.0 Å². The normalized spacial score (nSPS) is 14.2. The maximum Gasteiger partial charge on any atom is 0.159 e. The second kappa shape index (κ2) is 5.46. The van der Waals surface area contributed by atoms with Crippen LogP contribution in [0.25, 0.3) is 11.4 Å². The highest BCUT2D eigenvalue weighted by atomic mass is 35.5. The fourth-order valence-electron chi connectivity index (χ4n) is 2.47. The number of aryl methyl sites for hydroxylation is 1. The Bertz CT molecular complexity index is 641. The lowest BCUT2D eigenvalue weighted by atomic mass is 10.0. The fraction of sp³-hybridized carbons (Fsp3) is 0.333. The van der Waals surface area contributed by atoms with Crippen LogP contribution >= 0.6 is 11.6 Å². The van der Waals surface area contributed by atoms with Gasteiger partial charge in [-0.1, -0.05) is 18.5 Å². The van der Waals surface area contributed by atoms with E-state index in [1.54, 1.807) is 12.1 Å². The molecule has 1 aliphatic heterocycles. The molecule has 0 fully saturated rings. The zero-order chi connectivity index (χ0) is 14.1. The van der Waals surface area contributed by atoms with Crippen molar-refractivity contribution in [3.63, 3.8) is 0 Å². The summed E-state index contributed by atoms with van der Waals surface area (Å²) in [5, 5.41) is 3.44. The molecule has 1 N–H and O–H groups in total. The van der Waals surface area contributed by atoms with Crippen LogP contribution < -0.4 is 5.32 Å². The first kappa shape index (κ1) is 13.5. The average Bonchev–Trinajstić information content (AvgIpc) is 2.49. The van der Waals surface area contributed by atoms with E-state index in [2.05, 4.69) is 22.2 Å². The van der Waals surface area contributed by atoms with Gasteiger partial charge in [0.25, 0.3) is 0 Å². The van der Waals surface area contributed by atoms with E-state index in [0.29, 0.717) is 5.82 Å². The topological polar surface area (TPSA) is 37.8 Å². The molecule has 3 nitrogen and oxygen atoms in total. The summed E-state index contributed by atoms with van der Waals surface area (Å²) < 4.78 is 13.3. The lowest BCUT2D eigenvalue weighted by molar-refractivity contribution is 0.618. The second-order valence-electron chi connectivity index (χ2n) is 4.83. The molecule has 0 saturated carbocycles. The smallest absolute Gasteiger partial charge is 0.159 e. The van der Waals surface area contributed by atoms with Crippen molar-refractivity contribution < 1.29 is 4.39 Å². The lowest BCUT2D eigenvalue weighted by Gasteiger charge is -2.19. The van der Waals surface area contributed by atoms with Gasteiger partial charge in [-0.25, -0.2) is 14.4 Å². The third-order valence-corrected chi connectivity index (χ3v) is 3.82. The Morgan fingerprint density at radius 3 is 2.95 bits per heavy atom. The summed E-state index contributed by atoms with van der Waals surface area (Å²) in [6, 6.07) is 4.61. The number of benzene rings is 1. The summed E-state index contributed by atoms with van der Waals surface area (Å²) in [5.41, 5.74) is 4.10. The van der Waals surface area contributed by atoms with E-state index in [0.717, 1.165) is 42.9 Å². The Kier molecular flexibility index (Phi) is 3.68. The predicted octanol–water partition coefficient (Wildman–Crippen LogP) is 3.14. The molecular weight excluding hydrogens is 277 g/mol. The molecule has 0 amide bonds. The second-order valence-corrected chi connectivity index (χ2v) is 5.24. The highest BCUT2D eigenvalue weighted by molar-refractivity contribution is 6.31. The minimum absolute atomic E-state index is 0.100. The molecular formula is C15H15ClFN3. The lowest BCUT2D eigenvalue weighted by Crippen LogP contribution is -2.26. The van der Waals surface area contributed by atoms with Crippen molar-refractivity contribution in [3.8, 4) is 11.4 Å². The third-order valence-electron chi connectivity index (χ3n) is 3.53. The number of hydrogen-bond donors (Lipinski definition) is 1. The third kappa shape index (κ3) is 2.41. The van der Waals surface area contributed by atoms with Gasteiger partial charge in [-0.2, -0.15) is 0 Å². The van der Waals surface area contributed by atoms with Gasteiger partial charge in [0.2, 0.25) is 0 Å². The van der Waals surface area contributed by atoms with Gasteiger partial charge >= 0.3 is 0 Å². The average molecular weight is 292 g/mol. The van der Waals surface area contributed by atoms with Crippen LogP contribution in [0, 0.1) is 5.82 Å². The van der Waals surface area contributed by atoms with Gasteiger partial charge < -0.3 is 5.32 Å². The molecule has 0 radical (unpaired) electrons. The maximum atomic E-state index is 13.3. The number of hydrogen-bond acceptors (Lipinski definition) is 3. The highest BCUT2D eigenvalue weighted by Gasteiger charge is 2.17. The number of nitrogens with zero attached hydrogens (tertiary/aromatic N) is 2. The molecule has 3 rings (SSSR count). The van der Waals surface area contributed by atoms with Crippen LogP contribution in [-0.2, 0) is 19.4 Å². The van der Waals surface area contributed by atoms with E-state index in [-0.39, 0.29) is 5.02 Å². The highest BCUT2D eigenvalue weighted by Crippen LogP contribution is 2.25. The van der Waals surface area contributed by atoms with Crippen LogP contribution in [0.4, 0.5) is 4.39 Å². The fourth-order valence-corrected chi connectivity index (χ4v) is 2.65. The molecule has 1 aromatic carbocycles. The van der Waals surface area contributed by atoms with Gasteiger partial charge in [-0.05, 0) is 24.6 Å². The Morgan fingerprint density at radius 1 is 1.35 bits per heavy atom. The zero-order valence-corrected chi connectivity index (χ0v) is 12.0. The Labute approximate surface area is 122 Å². The molecule has 2 aromatic rings. The Balaban J connectivity index is 2.11. The van der Waals surface area contributed by atoms with Crippen LogP contribution in [-0.4, -0.2) is 16.5 Å². The molecule has 1 aliphatic rings. The largest absolute Gasteiger partial charge is 0.312 e. The zero-order valence-electron chi connectivity index (χ0n) is 11.2. The SMILES string of the molecule is CCc1nc(-c2ccc(F)c(Cl)c2)nc2c1CNCC2. The van der Waals surface area contributed by atoms with Gasteiger partial charge in [0.1, 0.15) is 5.82 Å². The van der Waals surface area contributed by atoms with E-state index in [9.17, 15) is 4.39 Å². The molecule has 2 heterocycles. The van der Waals surface area contributed by atoms with E-state index in [1.807, 2.05) is 0 Å². The van der Waals surface area contributed by atoms with Crippen LogP contribution in [0.15, 0.2) is 18.2 Å². The predicted molar refractivity (Wildman–Crippen MR) is 77.2 cm³/mol. The number of halogens is 2. The van der Waals surface area contributed by atoms with Crippen molar-refractivity contribution in [2.75, 3.05) is 6.54 Å². The molecule has 104 valence electrons. The summed E-state index contributed by atoms with van der Waals surface area (Å²) >= 11 is 5.84. The van der Waals surface area contributed by atoms with Crippen molar-refractivity contribution in [1.82, 2.24) is 15.3 Å². The van der Waals surface area contributed by atoms with E-state index in [4.69, 9.17) is 11.6 Å². The molecule has 0 spiro atoms. The first-order chi connectivity index (χ1) is 9.69.